The van der Waals surface area contributed by atoms with E-state index >= 15 is 0 Å². The predicted octanol–water partition coefficient (Wildman–Crippen LogP) is 4.02. The number of nitrogens with zero attached hydrogens (tertiary/aromatic N) is 3. The van der Waals surface area contributed by atoms with Gasteiger partial charge in [-0.25, -0.2) is 9.97 Å². The smallest absolute Gasteiger partial charge is 0.254 e. The van der Waals surface area contributed by atoms with Crippen molar-refractivity contribution in [3.05, 3.63) is 88.5 Å². The largest absolute Gasteiger partial charge is 0.497 e. The summed E-state index contributed by atoms with van der Waals surface area (Å²) in [4.78, 5) is 24.4. The van der Waals surface area contributed by atoms with E-state index in [1.54, 1.807) is 13.3 Å². The highest BCUT2D eigenvalue weighted by molar-refractivity contribution is 5.94. The van der Waals surface area contributed by atoms with Gasteiger partial charge in [-0.05, 0) is 55.6 Å². The lowest BCUT2D eigenvalue weighted by Gasteiger charge is -2.17. The predicted molar refractivity (Wildman–Crippen MR) is 125 cm³/mol. The second kappa shape index (κ2) is 9.92. The number of carbonyl (C=O) groups excluding carboxylic acids is 1. The highest BCUT2D eigenvalue weighted by Gasteiger charge is 2.27. The van der Waals surface area contributed by atoms with Crippen LogP contribution in [0.5, 0.6) is 5.75 Å². The molecule has 1 unspecified atom stereocenters. The maximum atomic E-state index is 12.7. The van der Waals surface area contributed by atoms with Crippen LogP contribution in [0.1, 0.15) is 50.9 Å². The van der Waals surface area contributed by atoms with Crippen LogP contribution < -0.4 is 10.1 Å². The summed E-state index contributed by atoms with van der Waals surface area (Å²) in [5, 5.41) is 2.95. The summed E-state index contributed by atoms with van der Waals surface area (Å²) >= 11 is 0. The minimum Gasteiger partial charge on any atom is -0.497 e. The molecule has 3 aromatic rings. The Morgan fingerprint density at radius 3 is 2.81 bits per heavy atom. The van der Waals surface area contributed by atoms with Crippen LogP contribution in [0, 0.1) is 13.8 Å². The van der Waals surface area contributed by atoms with E-state index < -0.39 is 0 Å². The van der Waals surface area contributed by atoms with Crippen molar-refractivity contribution in [1.29, 1.82) is 0 Å². The average Bonchev–Trinajstić information content (AvgIpc) is 3.27. The topological polar surface area (TPSA) is 67.3 Å². The molecule has 0 bridgehead atoms. The van der Waals surface area contributed by atoms with E-state index in [0.29, 0.717) is 18.0 Å². The van der Waals surface area contributed by atoms with Crippen LogP contribution in [-0.2, 0) is 13.1 Å². The third-order valence-electron chi connectivity index (χ3n) is 6.12. The fourth-order valence-electron chi connectivity index (χ4n) is 4.18. The second-order valence-electron chi connectivity index (χ2n) is 8.41. The Balaban J connectivity index is 1.36. The molecule has 0 aliphatic carbocycles. The first-order valence-electron chi connectivity index (χ1n) is 11.0. The number of hydrogen-bond acceptors (Lipinski definition) is 5. The molecular formula is C26H30N4O2. The van der Waals surface area contributed by atoms with Gasteiger partial charge in [0.2, 0.25) is 0 Å². The van der Waals surface area contributed by atoms with E-state index in [4.69, 9.17) is 9.72 Å². The van der Waals surface area contributed by atoms with Crippen molar-refractivity contribution >= 4 is 5.91 Å². The lowest BCUT2D eigenvalue weighted by atomic mass is 10.1. The molecule has 6 nitrogen and oxygen atoms in total. The number of aryl methyl sites for hydroxylation is 2. The highest BCUT2D eigenvalue weighted by Crippen LogP contribution is 2.27. The van der Waals surface area contributed by atoms with Crippen LogP contribution >= 0.6 is 0 Å². The number of aromatic nitrogens is 2. The fourth-order valence-corrected chi connectivity index (χ4v) is 4.18. The molecule has 2 heterocycles. The third kappa shape index (κ3) is 5.14. The number of likely N-dealkylation sites (tertiary alicyclic amines) is 1. The van der Waals surface area contributed by atoms with Crippen molar-refractivity contribution < 1.29 is 9.53 Å². The van der Waals surface area contributed by atoms with Gasteiger partial charge < -0.3 is 10.1 Å². The number of amides is 1. The number of ether oxygens (including phenoxy) is 1. The first-order valence-corrected chi connectivity index (χ1v) is 11.0. The Labute approximate surface area is 189 Å². The lowest BCUT2D eigenvalue weighted by molar-refractivity contribution is 0.0949. The van der Waals surface area contributed by atoms with Gasteiger partial charge in [0.25, 0.3) is 5.91 Å². The van der Waals surface area contributed by atoms with Crippen molar-refractivity contribution in [2.24, 2.45) is 0 Å². The van der Waals surface area contributed by atoms with Gasteiger partial charge in [0.1, 0.15) is 11.6 Å². The van der Waals surface area contributed by atoms with Gasteiger partial charge in [-0.2, -0.15) is 0 Å². The van der Waals surface area contributed by atoms with Gasteiger partial charge in [-0.3, -0.25) is 9.69 Å². The van der Waals surface area contributed by atoms with Gasteiger partial charge in [0.05, 0.1) is 18.4 Å². The summed E-state index contributed by atoms with van der Waals surface area (Å²) in [6, 6.07) is 16.2. The second-order valence-corrected chi connectivity index (χ2v) is 8.41. The van der Waals surface area contributed by atoms with E-state index in [1.807, 2.05) is 31.2 Å². The molecule has 1 atom stereocenters. The Bertz CT molecular complexity index is 1100. The van der Waals surface area contributed by atoms with Crippen molar-refractivity contribution in [1.82, 2.24) is 20.2 Å². The molecule has 1 aliphatic rings. The summed E-state index contributed by atoms with van der Waals surface area (Å²) in [5.41, 5.74) is 4.91. The van der Waals surface area contributed by atoms with Crippen LogP contribution in [0.4, 0.5) is 0 Å². The molecule has 6 heteroatoms. The van der Waals surface area contributed by atoms with Gasteiger partial charge in [-0.15, -0.1) is 0 Å². The Hall–Kier alpha value is -3.25. The maximum absolute atomic E-state index is 12.7. The van der Waals surface area contributed by atoms with Crippen LogP contribution in [0.3, 0.4) is 0 Å². The molecule has 0 saturated carbocycles. The maximum Gasteiger partial charge on any atom is 0.254 e. The number of nitrogens with one attached hydrogen (secondary N) is 1. The molecule has 1 fully saturated rings. The summed E-state index contributed by atoms with van der Waals surface area (Å²) in [7, 11) is 1.63. The molecule has 4 rings (SSSR count). The first-order chi connectivity index (χ1) is 15.5. The quantitative estimate of drug-likeness (QED) is 0.613. The molecule has 1 N–H and O–H groups in total. The molecule has 166 valence electrons. The van der Waals surface area contributed by atoms with Crippen LogP contribution in [0.15, 0.2) is 54.7 Å². The van der Waals surface area contributed by atoms with Gasteiger partial charge in [-0.1, -0.05) is 36.4 Å². The molecular weight excluding hydrogens is 400 g/mol. The zero-order chi connectivity index (χ0) is 22.5. The van der Waals surface area contributed by atoms with E-state index in [9.17, 15) is 4.79 Å². The molecule has 2 aromatic carbocycles. The van der Waals surface area contributed by atoms with Crippen LogP contribution in [-0.4, -0.2) is 41.0 Å². The Morgan fingerprint density at radius 1 is 1.19 bits per heavy atom. The zero-order valence-corrected chi connectivity index (χ0v) is 19.0. The molecule has 1 saturated heterocycles. The molecule has 1 amide bonds. The molecule has 0 radical (unpaired) electrons. The molecule has 1 aliphatic heterocycles. The summed E-state index contributed by atoms with van der Waals surface area (Å²) in [6.45, 7) is 7.39. The van der Waals surface area contributed by atoms with Crippen molar-refractivity contribution in [2.45, 2.75) is 39.3 Å². The Kier molecular flexibility index (Phi) is 6.81. The number of carbonyl (C=O) groups is 1. The van der Waals surface area contributed by atoms with Crippen molar-refractivity contribution in [3.8, 4) is 5.75 Å². The fraction of sp³-hybridized carbons (Fsp3) is 0.346. The van der Waals surface area contributed by atoms with Crippen molar-refractivity contribution in [3.63, 3.8) is 0 Å². The zero-order valence-electron chi connectivity index (χ0n) is 19.0. The number of hydrogen-bond donors (Lipinski definition) is 1. The standard InChI is InChI=1S/C26H30N4O2/c1-18-7-4-5-9-21(18)16-30-12-11-22(17-30)25-27-15-24(19(2)29-25)26(31)28-14-20-8-6-10-23(13-20)32-3/h4-10,13,15,22H,11-12,14,16-17H2,1-3H3,(H,28,31). The van der Waals surface area contributed by atoms with Crippen molar-refractivity contribution in [2.75, 3.05) is 20.2 Å². The molecule has 1 aromatic heterocycles. The Morgan fingerprint density at radius 2 is 2.03 bits per heavy atom. The third-order valence-corrected chi connectivity index (χ3v) is 6.12. The van der Waals surface area contributed by atoms with Crippen LogP contribution in [0.25, 0.3) is 0 Å². The molecule has 0 spiro atoms. The number of rotatable bonds is 7. The normalized spacial score (nSPS) is 16.2. The number of methoxy groups -OCH3 is 1. The summed E-state index contributed by atoms with van der Waals surface area (Å²) in [5.74, 6) is 1.74. The minimum absolute atomic E-state index is 0.163. The average molecular weight is 431 g/mol. The van der Waals surface area contributed by atoms with E-state index in [0.717, 1.165) is 48.9 Å². The van der Waals surface area contributed by atoms with E-state index in [1.165, 1.54) is 11.1 Å². The monoisotopic (exact) mass is 430 g/mol. The summed E-state index contributed by atoms with van der Waals surface area (Å²) < 4.78 is 5.24. The lowest BCUT2D eigenvalue weighted by Crippen LogP contribution is -2.25. The van der Waals surface area contributed by atoms with E-state index in [2.05, 4.69) is 46.4 Å². The first kappa shape index (κ1) is 22.0. The van der Waals surface area contributed by atoms with Gasteiger partial charge in [0, 0.05) is 31.7 Å². The van der Waals surface area contributed by atoms with Gasteiger partial charge >= 0.3 is 0 Å². The van der Waals surface area contributed by atoms with E-state index in [-0.39, 0.29) is 5.91 Å². The SMILES string of the molecule is COc1cccc(CNC(=O)c2cnc(C3CCN(Cc4ccccc4C)C3)nc2C)c1. The van der Waals surface area contributed by atoms with Crippen LogP contribution in [0.2, 0.25) is 0 Å². The van der Waals surface area contributed by atoms with Gasteiger partial charge in [0.15, 0.2) is 0 Å². The highest BCUT2D eigenvalue weighted by atomic mass is 16.5. The number of benzene rings is 2. The summed E-state index contributed by atoms with van der Waals surface area (Å²) in [6.07, 6.45) is 2.70. The molecule has 32 heavy (non-hydrogen) atoms. The minimum atomic E-state index is -0.163.